The number of aliphatic hydroxyl groups excluding tert-OH is 1. The summed E-state index contributed by atoms with van der Waals surface area (Å²) < 4.78 is 1.87. The molecule has 1 unspecified atom stereocenters. The van der Waals surface area contributed by atoms with E-state index in [4.69, 9.17) is 5.11 Å². The van der Waals surface area contributed by atoms with E-state index in [9.17, 15) is 0 Å². The zero-order valence-electron chi connectivity index (χ0n) is 9.62. The van der Waals surface area contributed by atoms with Gasteiger partial charge >= 0.3 is 0 Å². The van der Waals surface area contributed by atoms with Gasteiger partial charge in [0.2, 0.25) is 0 Å². The van der Waals surface area contributed by atoms with Crippen LogP contribution in [0.2, 0.25) is 0 Å². The summed E-state index contributed by atoms with van der Waals surface area (Å²) in [7, 11) is 0. The number of aromatic nitrogens is 3. The van der Waals surface area contributed by atoms with Crippen LogP contribution in [-0.4, -0.2) is 50.5 Å². The Morgan fingerprint density at radius 3 is 3.00 bits per heavy atom. The van der Waals surface area contributed by atoms with Crippen molar-refractivity contribution < 1.29 is 5.11 Å². The van der Waals surface area contributed by atoms with E-state index in [1.54, 1.807) is 12.7 Å². The Morgan fingerprint density at radius 1 is 1.31 bits per heavy atom. The Balaban J connectivity index is 1.81. The summed E-state index contributed by atoms with van der Waals surface area (Å²) in [5.41, 5.74) is 0. The zero-order chi connectivity index (χ0) is 11.2. The third-order valence-electron chi connectivity index (χ3n) is 3.29. The van der Waals surface area contributed by atoms with Gasteiger partial charge in [0.15, 0.2) is 0 Å². The third-order valence-corrected chi connectivity index (χ3v) is 3.29. The first-order valence-corrected chi connectivity index (χ1v) is 6.07. The topological polar surface area (TPSA) is 54.2 Å². The van der Waals surface area contributed by atoms with Gasteiger partial charge in [-0.2, -0.15) is 5.10 Å². The maximum Gasteiger partial charge on any atom is 0.137 e. The number of rotatable bonds is 5. The van der Waals surface area contributed by atoms with Crippen molar-refractivity contribution in [3.05, 3.63) is 12.7 Å². The van der Waals surface area contributed by atoms with E-state index >= 15 is 0 Å². The number of hydrogen-bond donors (Lipinski definition) is 1. The molecule has 0 spiro atoms. The second kappa shape index (κ2) is 5.96. The highest BCUT2D eigenvalue weighted by atomic mass is 16.3. The summed E-state index contributed by atoms with van der Waals surface area (Å²) in [6.45, 7) is 3.35. The van der Waals surface area contributed by atoms with Crippen LogP contribution >= 0.6 is 0 Å². The van der Waals surface area contributed by atoms with Gasteiger partial charge < -0.3 is 5.11 Å². The van der Waals surface area contributed by atoms with Gasteiger partial charge in [0.25, 0.3) is 0 Å². The highest BCUT2D eigenvalue weighted by Crippen LogP contribution is 2.18. The Labute approximate surface area is 96.1 Å². The summed E-state index contributed by atoms with van der Waals surface area (Å²) in [6, 6.07) is 0.558. The predicted octanol–water partition coefficient (Wildman–Crippen LogP) is 0.515. The van der Waals surface area contributed by atoms with Crippen molar-refractivity contribution >= 4 is 0 Å². The fraction of sp³-hybridized carbons (Fsp3) is 0.818. The molecule has 1 saturated heterocycles. The first-order valence-electron chi connectivity index (χ1n) is 6.07. The first kappa shape index (κ1) is 11.5. The lowest BCUT2D eigenvalue weighted by atomic mass is 10.00. The minimum absolute atomic E-state index is 0.296. The average molecular weight is 224 g/mol. The number of piperidine rings is 1. The van der Waals surface area contributed by atoms with E-state index in [-0.39, 0.29) is 0 Å². The maximum atomic E-state index is 9.03. The van der Waals surface area contributed by atoms with Gasteiger partial charge in [0.1, 0.15) is 12.7 Å². The molecule has 1 N–H and O–H groups in total. The smallest absolute Gasteiger partial charge is 0.137 e. The number of nitrogens with zero attached hydrogens (tertiary/aromatic N) is 4. The van der Waals surface area contributed by atoms with Crippen LogP contribution in [0.5, 0.6) is 0 Å². The molecule has 5 heteroatoms. The fourth-order valence-electron chi connectivity index (χ4n) is 2.41. The van der Waals surface area contributed by atoms with Gasteiger partial charge in [-0.25, -0.2) is 4.98 Å². The van der Waals surface area contributed by atoms with Crippen molar-refractivity contribution in [2.24, 2.45) is 0 Å². The van der Waals surface area contributed by atoms with Crippen LogP contribution in [0.4, 0.5) is 0 Å². The molecular weight excluding hydrogens is 204 g/mol. The SMILES string of the molecule is OCCC1CCCCN1CCn1cncn1. The minimum atomic E-state index is 0.296. The highest BCUT2D eigenvalue weighted by molar-refractivity contribution is 4.76. The molecule has 1 aromatic rings. The summed E-state index contributed by atoms with van der Waals surface area (Å²) in [5.74, 6) is 0. The lowest BCUT2D eigenvalue weighted by Crippen LogP contribution is -2.41. The van der Waals surface area contributed by atoms with Crippen molar-refractivity contribution in [3.8, 4) is 0 Å². The molecule has 2 rings (SSSR count). The highest BCUT2D eigenvalue weighted by Gasteiger charge is 2.21. The van der Waals surface area contributed by atoms with E-state index in [0.717, 1.165) is 26.1 Å². The van der Waals surface area contributed by atoms with E-state index in [1.165, 1.54) is 19.3 Å². The van der Waals surface area contributed by atoms with Crippen LogP contribution in [0.25, 0.3) is 0 Å². The van der Waals surface area contributed by atoms with Crippen LogP contribution < -0.4 is 0 Å². The van der Waals surface area contributed by atoms with Crippen molar-refractivity contribution in [2.75, 3.05) is 19.7 Å². The second-order valence-electron chi connectivity index (χ2n) is 4.36. The number of hydrogen-bond acceptors (Lipinski definition) is 4. The predicted molar refractivity (Wildman–Crippen MR) is 60.9 cm³/mol. The molecule has 5 nitrogen and oxygen atoms in total. The van der Waals surface area contributed by atoms with Crippen LogP contribution in [-0.2, 0) is 6.54 Å². The van der Waals surface area contributed by atoms with Gasteiger partial charge in [-0.3, -0.25) is 9.58 Å². The largest absolute Gasteiger partial charge is 0.396 e. The normalized spacial score (nSPS) is 22.4. The summed E-state index contributed by atoms with van der Waals surface area (Å²) in [5, 5.41) is 13.1. The quantitative estimate of drug-likeness (QED) is 0.792. The third kappa shape index (κ3) is 3.02. The number of aliphatic hydroxyl groups is 1. The Hall–Kier alpha value is -0.940. The van der Waals surface area contributed by atoms with E-state index < -0.39 is 0 Å². The number of likely N-dealkylation sites (tertiary alicyclic amines) is 1. The van der Waals surface area contributed by atoms with Gasteiger partial charge in [0.05, 0.1) is 6.54 Å². The van der Waals surface area contributed by atoms with Crippen LogP contribution in [0, 0.1) is 0 Å². The molecule has 16 heavy (non-hydrogen) atoms. The van der Waals surface area contributed by atoms with E-state index in [2.05, 4.69) is 15.0 Å². The van der Waals surface area contributed by atoms with Crippen molar-refractivity contribution in [3.63, 3.8) is 0 Å². The summed E-state index contributed by atoms with van der Waals surface area (Å²) in [4.78, 5) is 6.41. The molecule has 0 saturated carbocycles. The molecule has 0 amide bonds. The second-order valence-corrected chi connectivity index (χ2v) is 4.36. The van der Waals surface area contributed by atoms with E-state index in [0.29, 0.717) is 12.6 Å². The van der Waals surface area contributed by atoms with Crippen molar-refractivity contribution in [2.45, 2.75) is 38.3 Å². The first-order chi connectivity index (χ1) is 7.90. The summed E-state index contributed by atoms with van der Waals surface area (Å²) in [6.07, 6.45) is 8.02. The molecule has 1 aliphatic heterocycles. The minimum Gasteiger partial charge on any atom is -0.396 e. The zero-order valence-corrected chi connectivity index (χ0v) is 9.62. The molecular formula is C11H20N4O. The van der Waals surface area contributed by atoms with Crippen molar-refractivity contribution in [1.82, 2.24) is 19.7 Å². The lowest BCUT2D eigenvalue weighted by molar-refractivity contribution is 0.114. The molecule has 90 valence electrons. The molecule has 1 aliphatic rings. The monoisotopic (exact) mass is 224 g/mol. The molecule has 0 aromatic carbocycles. The molecule has 0 radical (unpaired) electrons. The van der Waals surface area contributed by atoms with Gasteiger partial charge in [-0.15, -0.1) is 0 Å². The van der Waals surface area contributed by atoms with E-state index in [1.807, 2.05) is 4.68 Å². The van der Waals surface area contributed by atoms with Crippen LogP contribution in [0.15, 0.2) is 12.7 Å². The van der Waals surface area contributed by atoms with Gasteiger partial charge in [-0.1, -0.05) is 6.42 Å². The van der Waals surface area contributed by atoms with Gasteiger partial charge in [-0.05, 0) is 25.8 Å². The Kier molecular flexibility index (Phi) is 4.30. The lowest BCUT2D eigenvalue weighted by Gasteiger charge is -2.35. The molecule has 1 fully saturated rings. The molecule has 2 heterocycles. The van der Waals surface area contributed by atoms with Crippen molar-refractivity contribution in [1.29, 1.82) is 0 Å². The fourth-order valence-corrected chi connectivity index (χ4v) is 2.41. The standard InChI is InChI=1S/C11H20N4O/c16-8-4-11-3-1-2-5-14(11)6-7-15-10-12-9-13-15/h9-11,16H,1-8H2. The summed E-state index contributed by atoms with van der Waals surface area (Å²) >= 11 is 0. The van der Waals surface area contributed by atoms with Crippen LogP contribution in [0.3, 0.4) is 0 Å². The van der Waals surface area contributed by atoms with Crippen LogP contribution in [0.1, 0.15) is 25.7 Å². The molecule has 1 atom stereocenters. The average Bonchev–Trinajstić information content (AvgIpc) is 2.81. The Bertz CT molecular complexity index is 286. The molecule has 1 aromatic heterocycles. The molecule has 0 aliphatic carbocycles. The maximum absolute atomic E-state index is 9.03. The Morgan fingerprint density at radius 2 is 2.25 bits per heavy atom. The molecule has 0 bridgehead atoms. The van der Waals surface area contributed by atoms with Gasteiger partial charge in [0, 0.05) is 19.2 Å².